The highest BCUT2D eigenvalue weighted by Crippen LogP contribution is 2.31. The number of rotatable bonds is 4. The number of hydrogen-bond acceptors (Lipinski definition) is 8. The topological polar surface area (TPSA) is 108 Å². The lowest BCUT2D eigenvalue weighted by Gasteiger charge is -2.32. The van der Waals surface area contributed by atoms with Gasteiger partial charge in [0.15, 0.2) is 10.8 Å². The zero-order valence-electron chi connectivity index (χ0n) is 18.0. The van der Waals surface area contributed by atoms with Crippen molar-refractivity contribution < 1.29 is 4.79 Å². The number of carbonyl (C=O) groups excluding carboxylic acids is 1. The van der Waals surface area contributed by atoms with Crippen LogP contribution >= 0.6 is 11.3 Å². The van der Waals surface area contributed by atoms with Crippen molar-refractivity contribution >= 4 is 38.4 Å². The van der Waals surface area contributed by atoms with E-state index in [0.717, 1.165) is 46.6 Å². The van der Waals surface area contributed by atoms with Crippen molar-refractivity contribution in [1.29, 1.82) is 5.26 Å². The van der Waals surface area contributed by atoms with Gasteiger partial charge in [-0.05, 0) is 49.6 Å². The average molecular weight is 456 g/mol. The van der Waals surface area contributed by atoms with Gasteiger partial charge in [-0.2, -0.15) is 10.2 Å². The third-order valence-corrected chi connectivity index (χ3v) is 6.60. The van der Waals surface area contributed by atoms with E-state index in [1.807, 2.05) is 31.2 Å². The first kappa shape index (κ1) is 21.0. The fourth-order valence-corrected chi connectivity index (χ4v) is 4.88. The van der Waals surface area contributed by atoms with Crippen LogP contribution in [0, 0.1) is 24.2 Å². The molecule has 33 heavy (non-hydrogen) atoms. The molecule has 0 bridgehead atoms. The van der Waals surface area contributed by atoms with Crippen LogP contribution in [-0.2, 0) is 0 Å². The zero-order chi connectivity index (χ0) is 22.8. The van der Waals surface area contributed by atoms with Crippen molar-refractivity contribution in [3.63, 3.8) is 0 Å². The van der Waals surface area contributed by atoms with E-state index in [0.29, 0.717) is 22.9 Å². The molecule has 1 amide bonds. The third-order valence-electron chi connectivity index (χ3n) is 5.69. The highest BCUT2D eigenvalue weighted by atomic mass is 32.1. The Morgan fingerprint density at radius 3 is 2.88 bits per heavy atom. The molecule has 9 heteroatoms. The van der Waals surface area contributed by atoms with Gasteiger partial charge in [0, 0.05) is 49.1 Å². The van der Waals surface area contributed by atoms with E-state index in [1.54, 1.807) is 24.8 Å². The van der Waals surface area contributed by atoms with Gasteiger partial charge in [-0.15, -0.1) is 0 Å². The van der Waals surface area contributed by atoms with E-state index in [-0.39, 0.29) is 11.8 Å². The zero-order valence-corrected chi connectivity index (χ0v) is 18.8. The van der Waals surface area contributed by atoms with Crippen molar-refractivity contribution in [2.24, 2.45) is 5.92 Å². The Hall–Kier alpha value is -3.90. The van der Waals surface area contributed by atoms with Crippen LogP contribution in [0.25, 0.3) is 21.5 Å². The van der Waals surface area contributed by atoms with Gasteiger partial charge in [0.2, 0.25) is 0 Å². The molecule has 5 heterocycles. The highest BCUT2D eigenvalue weighted by molar-refractivity contribution is 7.22. The van der Waals surface area contributed by atoms with E-state index in [2.05, 4.69) is 36.2 Å². The summed E-state index contributed by atoms with van der Waals surface area (Å²) in [6, 6.07) is 10.1. The van der Waals surface area contributed by atoms with E-state index in [1.165, 1.54) is 11.3 Å². The number of nitriles is 1. The Bertz CT molecular complexity index is 1360. The van der Waals surface area contributed by atoms with Crippen LogP contribution < -0.4 is 10.2 Å². The largest absolute Gasteiger partial charge is 0.369 e. The number of nitrogens with one attached hydrogen (secondary N) is 1. The molecule has 0 unspecified atom stereocenters. The minimum Gasteiger partial charge on any atom is -0.369 e. The molecule has 0 radical (unpaired) electrons. The minimum absolute atomic E-state index is 0.0342. The van der Waals surface area contributed by atoms with Crippen LogP contribution in [0.5, 0.6) is 0 Å². The maximum atomic E-state index is 13.2. The molecule has 4 aromatic rings. The van der Waals surface area contributed by atoms with Crippen LogP contribution in [0.1, 0.15) is 28.9 Å². The molecular weight excluding hydrogens is 434 g/mol. The summed E-state index contributed by atoms with van der Waals surface area (Å²) in [5.74, 6) is -0.307. The second kappa shape index (κ2) is 8.92. The molecule has 0 aromatic carbocycles. The van der Waals surface area contributed by atoms with E-state index in [4.69, 9.17) is 0 Å². The number of fused-ring (bicyclic) bond motifs is 1. The molecular formula is C24H21N7OS. The Morgan fingerprint density at radius 1 is 1.21 bits per heavy atom. The van der Waals surface area contributed by atoms with Crippen molar-refractivity contribution in [3.8, 4) is 17.2 Å². The first-order valence-electron chi connectivity index (χ1n) is 10.7. The molecule has 0 aliphatic carbocycles. The van der Waals surface area contributed by atoms with Crippen molar-refractivity contribution in [3.05, 3.63) is 60.3 Å². The number of nitrogens with zero attached hydrogens (tertiary/aromatic N) is 6. The lowest BCUT2D eigenvalue weighted by atomic mass is 9.98. The molecule has 5 rings (SSSR count). The molecule has 1 saturated heterocycles. The molecule has 0 spiro atoms. The number of hydrogen-bond donors (Lipinski definition) is 1. The normalized spacial score (nSPS) is 15.9. The molecule has 1 fully saturated rings. The van der Waals surface area contributed by atoms with Crippen LogP contribution in [0.2, 0.25) is 0 Å². The molecule has 164 valence electrons. The Labute approximate surface area is 195 Å². The average Bonchev–Trinajstić information content (AvgIpc) is 3.26. The van der Waals surface area contributed by atoms with E-state index < -0.39 is 0 Å². The number of thiazole rings is 1. The molecule has 1 N–H and O–H groups in total. The number of anilines is 2. The smallest absolute Gasteiger partial charge is 0.261 e. The molecule has 8 nitrogen and oxygen atoms in total. The number of carbonyl (C=O) groups is 1. The van der Waals surface area contributed by atoms with Gasteiger partial charge < -0.3 is 4.90 Å². The summed E-state index contributed by atoms with van der Waals surface area (Å²) in [4.78, 5) is 32.6. The van der Waals surface area contributed by atoms with Crippen molar-refractivity contribution in [2.75, 3.05) is 23.3 Å². The van der Waals surface area contributed by atoms with Gasteiger partial charge in [0.05, 0.1) is 27.9 Å². The quantitative estimate of drug-likeness (QED) is 0.484. The summed E-state index contributed by atoms with van der Waals surface area (Å²) >= 11 is 1.38. The number of piperidine rings is 1. The lowest BCUT2D eigenvalue weighted by molar-refractivity contribution is 0.102. The van der Waals surface area contributed by atoms with E-state index in [9.17, 15) is 10.1 Å². The predicted molar refractivity (Wildman–Crippen MR) is 128 cm³/mol. The van der Waals surface area contributed by atoms with Crippen LogP contribution in [0.4, 0.5) is 10.8 Å². The van der Waals surface area contributed by atoms with Crippen molar-refractivity contribution in [1.82, 2.24) is 19.9 Å². The molecule has 1 atom stereocenters. The summed E-state index contributed by atoms with van der Waals surface area (Å²) in [6.07, 6.45) is 8.66. The SMILES string of the molecule is Cc1cc(N2CCC[C@H](C#N)C2)c(C(=O)Nc2nc3ncc(-c4ccncc4)cc3s2)cn1. The summed E-state index contributed by atoms with van der Waals surface area (Å²) < 4.78 is 0.884. The van der Waals surface area contributed by atoms with Gasteiger partial charge in [0.1, 0.15) is 0 Å². The van der Waals surface area contributed by atoms with Gasteiger partial charge in [-0.25, -0.2) is 4.98 Å². The third kappa shape index (κ3) is 4.38. The van der Waals surface area contributed by atoms with Crippen LogP contribution in [-0.4, -0.2) is 38.9 Å². The van der Waals surface area contributed by atoms with Crippen LogP contribution in [0.15, 0.2) is 49.1 Å². The molecule has 1 aliphatic rings. The number of aryl methyl sites for hydroxylation is 1. The fraction of sp³-hybridized carbons (Fsp3) is 0.250. The van der Waals surface area contributed by atoms with Gasteiger partial charge in [0.25, 0.3) is 5.91 Å². The van der Waals surface area contributed by atoms with E-state index >= 15 is 0 Å². The van der Waals surface area contributed by atoms with Crippen molar-refractivity contribution in [2.45, 2.75) is 19.8 Å². The first-order valence-corrected chi connectivity index (χ1v) is 11.5. The summed E-state index contributed by atoms with van der Waals surface area (Å²) in [5, 5.41) is 12.8. The lowest BCUT2D eigenvalue weighted by Crippen LogP contribution is -2.36. The standard InChI is InChI=1S/C24H21N7OS/c1-15-9-20(31-8-2-3-16(11-25)14-31)19(13-27-15)23(32)30-24-29-22-21(33-24)10-18(12-28-22)17-4-6-26-7-5-17/h4-7,9-10,12-13,16H,2-3,8,14H2,1H3,(H,28,29,30,32)/t16-/m1/s1. The Balaban J connectivity index is 1.41. The fourth-order valence-electron chi connectivity index (χ4n) is 4.02. The number of pyridine rings is 3. The summed E-state index contributed by atoms with van der Waals surface area (Å²) in [6.45, 7) is 3.32. The maximum absolute atomic E-state index is 13.2. The first-order chi connectivity index (χ1) is 16.1. The molecule has 4 aromatic heterocycles. The predicted octanol–water partition coefficient (Wildman–Crippen LogP) is 4.45. The van der Waals surface area contributed by atoms with Gasteiger partial charge in [-0.3, -0.25) is 20.1 Å². The molecule has 0 saturated carbocycles. The summed E-state index contributed by atoms with van der Waals surface area (Å²) in [5.41, 5.74) is 4.68. The Morgan fingerprint density at radius 2 is 2.06 bits per heavy atom. The summed E-state index contributed by atoms with van der Waals surface area (Å²) in [7, 11) is 0. The number of aromatic nitrogens is 4. The molecule has 1 aliphatic heterocycles. The minimum atomic E-state index is -0.273. The monoisotopic (exact) mass is 455 g/mol. The Kier molecular flexibility index (Phi) is 5.67. The second-order valence-electron chi connectivity index (χ2n) is 8.01. The second-order valence-corrected chi connectivity index (χ2v) is 9.04. The van der Waals surface area contributed by atoms with Gasteiger partial charge in [-0.1, -0.05) is 11.3 Å². The van der Waals surface area contributed by atoms with Gasteiger partial charge >= 0.3 is 0 Å². The highest BCUT2D eigenvalue weighted by Gasteiger charge is 2.24. The van der Waals surface area contributed by atoms with Crippen LogP contribution in [0.3, 0.4) is 0 Å². The maximum Gasteiger partial charge on any atom is 0.261 e. The number of amides is 1.